The van der Waals surface area contributed by atoms with Crippen molar-refractivity contribution in [1.82, 2.24) is 15.5 Å². The summed E-state index contributed by atoms with van der Waals surface area (Å²) in [5.41, 5.74) is 4.87. The van der Waals surface area contributed by atoms with Crippen molar-refractivity contribution >= 4 is 29.4 Å². The lowest BCUT2D eigenvalue weighted by Gasteiger charge is -2.29. The number of halogens is 3. The number of hydrogen-bond acceptors (Lipinski definition) is 6. The molecule has 5 rings (SSSR count). The Morgan fingerprint density at radius 1 is 0.973 bits per heavy atom. The molecule has 0 aromatic heterocycles. The number of carboxylic acid groups (broad SMARTS) is 1. The Labute approximate surface area is 210 Å². The zero-order valence-electron chi connectivity index (χ0n) is 19.7. The second kappa shape index (κ2) is 10.6. The molecule has 3 heterocycles. The standard InChI is InChI=1S/C23H24N4O3.C2HF3O2/c28-21-9-8-20(22(29)25-21)27-14-19-17(2-1-3-18(19)23(27)30)15-4-6-16(7-5-15)26-12-10-24-11-13-26;3-2(4,5)1(6)7/h1-7,20,24H,8-14H2,(H,25,28,29);(H,6,7). The Kier molecular flexibility index (Phi) is 7.48. The van der Waals surface area contributed by atoms with E-state index in [1.807, 2.05) is 18.2 Å². The van der Waals surface area contributed by atoms with E-state index in [-0.39, 0.29) is 24.1 Å². The fourth-order valence-electron chi connectivity index (χ4n) is 4.63. The zero-order chi connectivity index (χ0) is 26.7. The highest BCUT2D eigenvalue weighted by molar-refractivity contribution is 6.06. The number of carboxylic acids is 1. The van der Waals surface area contributed by atoms with Gasteiger partial charge < -0.3 is 20.2 Å². The molecule has 2 aromatic rings. The predicted molar refractivity (Wildman–Crippen MR) is 127 cm³/mol. The van der Waals surface area contributed by atoms with Crippen LogP contribution < -0.4 is 15.5 Å². The number of hydrogen-bond donors (Lipinski definition) is 3. The molecule has 2 fully saturated rings. The van der Waals surface area contributed by atoms with Crippen LogP contribution in [0.3, 0.4) is 0 Å². The molecule has 12 heteroatoms. The zero-order valence-corrected chi connectivity index (χ0v) is 19.7. The average Bonchev–Trinajstić information content (AvgIpc) is 3.21. The Balaban J connectivity index is 0.000000405. The third-order valence-electron chi connectivity index (χ3n) is 6.49. The molecule has 0 aliphatic carbocycles. The van der Waals surface area contributed by atoms with E-state index in [0.29, 0.717) is 18.5 Å². The number of carbonyl (C=O) groups excluding carboxylic acids is 3. The number of alkyl halides is 3. The van der Waals surface area contributed by atoms with Crippen LogP contribution in [-0.4, -0.2) is 72.1 Å². The smallest absolute Gasteiger partial charge is 0.475 e. The normalized spacial score (nSPS) is 19.6. The van der Waals surface area contributed by atoms with Gasteiger partial charge in [0, 0.05) is 50.4 Å². The summed E-state index contributed by atoms with van der Waals surface area (Å²) in [5.74, 6) is -3.55. The van der Waals surface area contributed by atoms with E-state index in [9.17, 15) is 27.6 Å². The number of aliphatic carboxylic acids is 1. The Bertz CT molecular complexity index is 1210. The van der Waals surface area contributed by atoms with Gasteiger partial charge in [0.05, 0.1) is 0 Å². The highest BCUT2D eigenvalue weighted by Crippen LogP contribution is 2.35. The van der Waals surface area contributed by atoms with Crippen molar-refractivity contribution in [2.45, 2.75) is 31.6 Å². The summed E-state index contributed by atoms with van der Waals surface area (Å²) >= 11 is 0. The topological polar surface area (TPSA) is 119 Å². The SMILES string of the molecule is O=C(O)C(F)(F)F.O=C1CCC(N2Cc3c(cccc3-c3ccc(N4CCNCC4)cc3)C2=O)C(=O)N1. The number of benzene rings is 2. The summed E-state index contributed by atoms with van der Waals surface area (Å²) in [6.07, 6.45) is -4.45. The second-order valence-corrected chi connectivity index (χ2v) is 8.82. The lowest BCUT2D eigenvalue weighted by molar-refractivity contribution is -0.192. The molecule has 3 aliphatic heterocycles. The summed E-state index contributed by atoms with van der Waals surface area (Å²) in [6.45, 7) is 4.36. The molecule has 0 saturated carbocycles. The summed E-state index contributed by atoms with van der Waals surface area (Å²) < 4.78 is 31.7. The molecule has 2 saturated heterocycles. The summed E-state index contributed by atoms with van der Waals surface area (Å²) in [4.78, 5) is 49.6. The highest BCUT2D eigenvalue weighted by atomic mass is 19.4. The minimum absolute atomic E-state index is 0.140. The predicted octanol–water partition coefficient (Wildman–Crippen LogP) is 2.16. The van der Waals surface area contributed by atoms with Crippen LogP contribution in [0.25, 0.3) is 11.1 Å². The molecule has 37 heavy (non-hydrogen) atoms. The molecule has 0 bridgehead atoms. The maximum atomic E-state index is 13.0. The summed E-state index contributed by atoms with van der Waals surface area (Å²) in [6, 6.07) is 13.6. The van der Waals surface area contributed by atoms with Gasteiger partial charge in [-0.3, -0.25) is 19.7 Å². The summed E-state index contributed by atoms with van der Waals surface area (Å²) in [5, 5.41) is 12.8. The van der Waals surface area contributed by atoms with Crippen molar-refractivity contribution in [2.24, 2.45) is 0 Å². The molecule has 196 valence electrons. The van der Waals surface area contributed by atoms with E-state index < -0.39 is 18.2 Å². The second-order valence-electron chi connectivity index (χ2n) is 8.82. The van der Waals surface area contributed by atoms with E-state index in [1.165, 1.54) is 5.69 Å². The van der Waals surface area contributed by atoms with Crippen LogP contribution in [0, 0.1) is 0 Å². The van der Waals surface area contributed by atoms with Crippen LogP contribution >= 0.6 is 0 Å². The van der Waals surface area contributed by atoms with Gasteiger partial charge in [-0.1, -0.05) is 24.3 Å². The van der Waals surface area contributed by atoms with Gasteiger partial charge in [0.25, 0.3) is 5.91 Å². The minimum Gasteiger partial charge on any atom is -0.475 e. The van der Waals surface area contributed by atoms with Crippen LogP contribution in [0.2, 0.25) is 0 Å². The van der Waals surface area contributed by atoms with E-state index in [2.05, 4.69) is 39.8 Å². The number of fused-ring (bicyclic) bond motifs is 1. The maximum absolute atomic E-state index is 13.0. The van der Waals surface area contributed by atoms with Gasteiger partial charge in [-0.15, -0.1) is 0 Å². The first-order valence-electron chi connectivity index (χ1n) is 11.7. The van der Waals surface area contributed by atoms with Gasteiger partial charge in [0.2, 0.25) is 11.8 Å². The molecule has 1 unspecified atom stereocenters. The average molecular weight is 518 g/mol. The number of nitrogens with zero attached hydrogens (tertiary/aromatic N) is 2. The van der Waals surface area contributed by atoms with Gasteiger partial charge in [-0.2, -0.15) is 13.2 Å². The van der Waals surface area contributed by atoms with Crippen molar-refractivity contribution in [2.75, 3.05) is 31.1 Å². The van der Waals surface area contributed by atoms with E-state index >= 15 is 0 Å². The lowest BCUT2D eigenvalue weighted by atomic mass is 9.96. The third-order valence-corrected chi connectivity index (χ3v) is 6.49. The number of piperidine rings is 1. The molecular weight excluding hydrogens is 493 g/mol. The van der Waals surface area contributed by atoms with Crippen molar-refractivity contribution in [1.29, 1.82) is 0 Å². The molecule has 2 aromatic carbocycles. The lowest BCUT2D eigenvalue weighted by Crippen LogP contribution is -2.52. The number of amides is 3. The number of piperazine rings is 1. The number of imide groups is 1. The molecule has 3 aliphatic rings. The molecule has 3 amide bonds. The summed E-state index contributed by atoms with van der Waals surface area (Å²) in [7, 11) is 0. The van der Waals surface area contributed by atoms with Crippen molar-refractivity contribution in [3.63, 3.8) is 0 Å². The third kappa shape index (κ3) is 5.74. The fourth-order valence-corrected chi connectivity index (χ4v) is 4.63. The fraction of sp³-hybridized carbons (Fsp3) is 0.360. The van der Waals surface area contributed by atoms with E-state index in [4.69, 9.17) is 9.90 Å². The molecule has 1 atom stereocenters. The van der Waals surface area contributed by atoms with Gasteiger partial charge in [0.15, 0.2) is 0 Å². The van der Waals surface area contributed by atoms with Crippen LogP contribution in [0.5, 0.6) is 0 Å². The monoisotopic (exact) mass is 518 g/mol. The van der Waals surface area contributed by atoms with Gasteiger partial charge in [0.1, 0.15) is 6.04 Å². The van der Waals surface area contributed by atoms with Gasteiger partial charge in [-0.05, 0) is 41.3 Å². The van der Waals surface area contributed by atoms with Gasteiger partial charge in [-0.25, -0.2) is 4.79 Å². The first-order valence-corrected chi connectivity index (χ1v) is 11.7. The van der Waals surface area contributed by atoms with Crippen LogP contribution in [0.15, 0.2) is 42.5 Å². The number of rotatable bonds is 3. The largest absolute Gasteiger partial charge is 0.490 e. The first kappa shape index (κ1) is 26.1. The number of nitrogens with one attached hydrogen (secondary N) is 2. The minimum atomic E-state index is -5.08. The first-order chi connectivity index (χ1) is 17.6. The highest BCUT2D eigenvalue weighted by Gasteiger charge is 2.40. The number of carbonyl (C=O) groups is 4. The van der Waals surface area contributed by atoms with Crippen LogP contribution in [-0.2, 0) is 20.9 Å². The Morgan fingerprint density at radius 2 is 1.59 bits per heavy atom. The van der Waals surface area contributed by atoms with Crippen LogP contribution in [0.4, 0.5) is 18.9 Å². The van der Waals surface area contributed by atoms with Crippen LogP contribution in [0.1, 0.15) is 28.8 Å². The number of anilines is 1. The molecule has 3 N–H and O–H groups in total. The van der Waals surface area contributed by atoms with Crippen molar-refractivity contribution < 1.29 is 37.5 Å². The molecule has 9 nitrogen and oxygen atoms in total. The van der Waals surface area contributed by atoms with Crippen molar-refractivity contribution in [3.8, 4) is 11.1 Å². The molecule has 0 spiro atoms. The Morgan fingerprint density at radius 3 is 2.19 bits per heavy atom. The van der Waals surface area contributed by atoms with Crippen molar-refractivity contribution in [3.05, 3.63) is 53.6 Å². The van der Waals surface area contributed by atoms with Gasteiger partial charge >= 0.3 is 12.1 Å². The maximum Gasteiger partial charge on any atom is 0.490 e. The quantitative estimate of drug-likeness (QED) is 0.533. The molecular formula is C25H25F3N4O5. The van der Waals surface area contributed by atoms with E-state index in [1.54, 1.807) is 4.90 Å². The Hall–Kier alpha value is -3.93. The molecule has 0 radical (unpaired) electrons. The van der Waals surface area contributed by atoms with E-state index in [0.717, 1.165) is 42.9 Å².